The van der Waals surface area contributed by atoms with Gasteiger partial charge in [-0.3, -0.25) is 0 Å². The third-order valence-electron chi connectivity index (χ3n) is 3.02. The molecule has 1 fully saturated rings. The molecule has 1 aliphatic rings. The average molecular weight is 321 g/mol. The molecule has 0 radical (unpaired) electrons. The fourth-order valence-electron chi connectivity index (χ4n) is 1.90. The van der Waals surface area contributed by atoms with E-state index in [1.54, 1.807) is 0 Å². The Kier molecular flexibility index (Phi) is 4.55. The normalized spacial score (nSPS) is 20.2. The second-order valence-corrected chi connectivity index (χ2v) is 6.26. The Labute approximate surface area is 120 Å². The van der Waals surface area contributed by atoms with Crippen LogP contribution in [0.25, 0.3) is 0 Å². The van der Waals surface area contributed by atoms with Crippen LogP contribution in [0.4, 0.5) is 8.78 Å². The first-order valence-corrected chi connectivity index (χ1v) is 7.45. The van der Waals surface area contributed by atoms with Crippen molar-refractivity contribution in [1.29, 1.82) is 0 Å². The lowest BCUT2D eigenvalue weighted by Gasteiger charge is -2.30. The van der Waals surface area contributed by atoms with E-state index in [-0.39, 0.29) is 24.6 Å². The summed E-state index contributed by atoms with van der Waals surface area (Å²) in [6.07, 6.45) is -1.04. The van der Waals surface area contributed by atoms with Crippen molar-refractivity contribution in [2.75, 3.05) is 26.8 Å². The van der Waals surface area contributed by atoms with Gasteiger partial charge in [0.2, 0.25) is 10.0 Å². The van der Waals surface area contributed by atoms with Gasteiger partial charge in [-0.1, -0.05) is 0 Å². The summed E-state index contributed by atoms with van der Waals surface area (Å²) in [5.74, 6) is -3.09. The molecule has 116 valence electrons. The second-order valence-electron chi connectivity index (χ2n) is 4.32. The van der Waals surface area contributed by atoms with Crippen molar-refractivity contribution in [2.45, 2.75) is 11.0 Å². The number of morpholine rings is 1. The molecule has 21 heavy (non-hydrogen) atoms. The molecule has 2 rings (SSSR count). The van der Waals surface area contributed by atoms with Crippen LogP contribution in [0.2, 0.25) is 0 Å². The van der Waals surface area contributed by atoms with Gasteiger partial charge in [-0.25, -0.2) is 22.0 Å². The number of hydrogen-bond acceptors (Lipinski definition) is 5. The fourth-order valence-corrected chi connectivity index (χ4v) is 3.34. The lowest BCUT2D eigenvalue weighted by Crippen LogP contribution is -2.48. The minimum Gasteiger partial charge on any atom is -0.467 e. The minimum absolute atomic E-state index is 0.00265. The number of ether oxygens (including phenoxy) is 2. The van der Waals surface area contributed by atoms with Crippen molar-refractivity contribution < 1.29 is 31.5 Å². The number of halogens is 2. The van der Waals surface area contributed by atoms with Crippen LogP contribution in [-0.4, -0.2) is 51.6 Å². The number of carbonyl (C=O) groups excluding carboxylic acids is 1. The molecule has 0 spiro atoms. The molecule has 1 aliphatic heterocycles. The molecule has 6 nitrogen and oxygen atoms in total. The number of hydrogen-bond donors (Lipinski definition) is 0. The van der Waals surface area contributed by atoms with Gasteiger partial charge >= 0.3 is 5.97 Å². The highest BCUT2D eigenvalue weighted by Crippen LogP contribution is 2.21. The van der Waals surface area contributed by atoms with Crippen molar-refractivity contribution in [3.63, 3.8) is 0 Å². The largest absolute Gasteiger partial charge is 0.467 e. The zero-order chi connectivity index (χ0) is 15.6. The molecular weight excluding hydrogens is 308 g/mol. The van der Waals surface area contributed by atoms with E-state index in [4.69, 9.17) is 4.74 Å². The van der Waals surface area contributed by atoms with Crippen LogP contribution in [0, 0.1) is 11.6 Å². The first-order valence-electron chi connectivity index (χ1n) is 6.01. The summed E-state index contributed by atoms with van der Waals surface area (Å²) in [5.41, 5.74) is 0. The summed E-state index contributed by atoms with van der Waals surface area (Å²) in [6, 6.07) is 2.31. The summed E-state index contributed by atoms with van der Waals surface area (Å²) in [7, 11) is -2.88. The Hall–Kier alpha value is -1.58. The lowest BCUT2D eigenvalue weighted by molar-refractivity contribution is -0.157. The zero-order valence-electron chi connectivity index (χ0n) is 11.1. The van der Waals surface area contributed by atoms with Crippen LogP contribution < -0.4 is 0 Å². The van der Waals surface area contributed by atoms with Gasteiger partial charge in [-0.05, 0) is 18.2 Å². The standard InChI is InChI=1S/C12H13F2NO5S/c1-19-12(16)11-7-15(4-5-20-11)21(17,18)8-2-3-9(13)10(14)6-8/h2-3,6,11H,4-5,7H2,1H3. The van der Waals surface area contributed by atoms with Gasteiger partial charge in [0.05, 0.1) is 25.2 Å². The summed E-state index contributed by atoms with van der Waals surface area (Å²) >= 11 is 0. The van der Waals surface area contributed by atoms with Crippen molar-refractivity contribution in [3.05, 3.63) is 29.8 Å². The van der Waals surface area contributed by atoms with Gasteiger partial charge in [0, 0.05) is 6.54 Å². The smallest absolute Gasteiger partial charge is 0.336 e. The predicted molar refractivity (Wildman–Crippen MR) is 66.9 cm³/mol. The maximum atomic E-state index is 13.2. The molecule has 1 heterocycles. The molecule has 0 amide bonds. The number of rotatable bonds is 3. The number of nitrogens with zero attached hydrogens (tertiary/aromatic N) is 1. The first-order chi connectivity index (χ1) is 9.86. The molecule has 9 heteroatoms. The molecule has 1 unspecified atom stereocenters. The van der Waals surface area contributed by atoms with E-state index in [1.165, 1.54) is 0 Å². The molecule has 1 saturated heterocycles. The highest BCUT2D eigenvalue weighted by atomic mass is 32.2. The van der Waals surface area contributed by atoms with Crippen LogP contribution in [0.5, 0.6) is 0 Å². The van der Waals surface area contributed by atoms with E-state index in [2.05, 4.69) is 4.74 Å². The van der Waals surface area contributed by atoms with Crippen molar-refractivity contribution in [1.82, 2.24) is 4.31 Å². The Morgan fingerprint density at radius 3 is 2.71 bits per heavy atom. The van der Waals surface area contributed by atoms with E-state index >= 15 is 0 Å². The molecular formula is C12H13F2NO5S. The van der Waals surface area contributed by atoms with E-state index in [1.807, 2.05) is 0 Å². The molecule has 0 N–H and O–H groups in total. The highest BCUT2D eigenvalue weighted by molar-refractivity contribution is 7.89. The van der Waals surface area contributed by atoms with E-state index in [9.17, 15) is 22.0 Å². The van der Waals surface area contributed by atoms with Crippen LogP contribution in [0.1, 0.15) is 0 Å². The SMILES string of the molecule is COC(=O)C1CN(S(=O)(=O)c2ccc(F)c(F)c2)CCO1. The second kappa shape index (κ2) is 6.04. The maximum absolute atomic E-state index is 13.2. The summed E-state index contributed by atoms with van der Waals surface area (Å²) in [6.45, 7) is -0.231. The molecule has 1 aromatic rings. The van der Waals surface area contributed by atoms with Gasteiger partial charge in [0.15, 0.2) is 17.7 Å². The Morgan fingerprint density at radius 2 is 2.10 bits per heavy atom. The van der Waals surface area contributed by atoms with Crippen molar-refractivity contribution in [3.8, 4) is 0 Å². The summed E-state index contributed by atoms with van der Waals surface area (Å²) in [5, 5.41) is 0. The first kappa shape index (κ1) is 15.8. The van der Waals surface area contributed by atoms with Crippen molar-refractivity contribution in [2.24, 2.45) is 0 Å². The van der Waals surface area contributed by atoms with Gasteiger partial charge in [0.1, 0.15) is 0 Å². The van der Waals surface area contributed by atoms with Gasteiger partial charge in [-0.15, -0.1) is 0 Å². The molecule has 0 bridgehead atoms. The molecule has 1 atom stereocenters. The molecule has 0 saturated carbocycles. The quantitative estimate of drug-likeness (QED) is 0.759. The van der Waals surface area contributed by atoms with Crippen LogP contribution in [0.15, 0.2) is 23.1 Å². The van der Waals surface area contributed by atoms with Gasteiger partial charge in [-0.2, -0.15) is 4.31 Å². The Bertz CT molecular complexity index is 649. The Balaban J connectivity index is 2.26. The van der Waals surface area contributed by atoms with Crippen LogP contribution in [0.3, 0.4) is 0 Å². The van der Waals surface area contributed by atoms with Crippen LogP contribution in [-0.2, 0) is 24.3 Å². The zero-order valence-corrected chi connectivity index (χ0v) is 11.9. The molecule has 0 aromatic heterocycles. The summed E-state index contributed by atoms with van der Waals surface area (Å²) in [4.78, 5) is 11.0. The number of carbonyl (C=O) groups is 1. The van der Waals surface area contributed by atoms with E-state index in [0.29, 0.717) is 6.07 Å². The number of sulfonamides is 1. The third-order valence-corrected chi connectivity index (χ3v) is 4.88. The highest BCUT2D eigenvalue weighted by Gasteiger charge is 2.34. The van der Waals surface area contributed by atoms with E-state index < -0.39 is 33.7 Å². The number of esters is 1. The number of methoxy groups -OCH3 is 1. The topological polar surface area (TPSA) is 72.9 Å². The number of benzene rings is 1. The van der Waals surface area contributed by atoms with E-state index in [0.717, 1.165) is 23.5 Å². The third kappa shape index (κ3) is 3.20. The fraction of sp³-hybridized carbons (Fsp3) is 0.417. The van der Waals surface area contributed by atoms with Gasteiger partial charge in [0.25, 0.3) is 0 Å². The van der Waals surface area contributed by atoms with Crippen molar-refractivity contribution >= 4 is 16.0 Å². The molecule has 1 aromatic carbocycles. The van der Waals surface area contributed by atoms with Gasteiger partial charge < -0.3 is 9.47 Å². The Morgan fingerprint density at radius 1 is 1.38 bits per heavy atom. The molecule has 0 aliphatic carbocycles. The van der Waals surface area contributed by atoms with Crippen LogP contribution >= 0.6 is 0 Å². The summed E-state index contributed by atoms with van der Waals surface area (Å²) < 4.78 is 61.3. The predicted octanol–water partition coefficient (Wildman–Crippen LogP) is 0.527. The minimum atomic E-state index is -4.04. The average Bonchev–Trinajstić information content (AvgIpc) is 2.49. The lowest BCUT2D eigenvalue weighted by atomic mass is 10.3. The maximum Gasteiger partial charge on any atom is 0.336 e. The monoisotopic (exact) mass is 321 g/mol.